The number of ketones is 1. The molecule has 16 heavy (non-hydrogen) atoms. The van der Waals surface area contributed by atoms with Crippen LogP contribution >= 0.6 is 0 Å². The van der Waals surface area contributed by atoms with E-state index < -0.39 is 0 Å². The second kappa shape index (κ2) is 3.48. The summed E-state index contributed by atoms with van der Waals surface area (Å²) in [5.41, 5.74) is 2.47. The molecule has 82 valence electrons. The zero-order chi connectivity index (χ0) is 11.1. The summed E-state index contributed by atoms with van der Waals surface area (Å²) in [4.78, 5) is 11.5. The van der Waals surface area contributed by atoms with Crippen LogP contribution in [0.3, 0.4) is 0 Å². The third-order valence-corrected chi connectivity index (χ3v) is 3.74. The van der Waals surface area contributed by atoms with Gasteiger partial charge in [0.15, 0.2) is 5.78 Å². The standard InChI is InChI=1S/C14H14O2/c15-11-5-6-13-10(7-11)2-1-9-3-4-12(16)8-14(9)13/h3-7,9,14-15H,1-2,8H2. The van der Waals surface area contributed by atoms with Gasteiger partial charge in [0, 0.05) is 6.42 Å². The van der Waals surface area contributed by atoms with Crippen molar-refractivity contribution in [2.24, 2.45) is 5.92 Å². The van der Waals surface area contributed by atoms with E-state index in [9.17, 15) is 9.90 Å². The SMILES string of the molecule is O=C1C=CC2CCc3cc(O)ccc3C2C1. The first-order chi connectivity index (χ1) is 7.74. The Morgan fingerprint density at radius 3 is 3.06 bits per heavy atom. The second-order valence-electron chi connectivity index (χ2n) is 4.72. The highest BCUT2D eigenvalue weighted by atomic mass is 16.3. The summed E-state index contributed by atoms with van der Waals surface area (Å²) in [7, 11) is 0. The van der Waals surface area contributed by atoms with Gasteiger partial charge >= 0.3 is 0 Å². The lowest BCUT2D eigenvalue weighted by Crippen LogP contribution is -2.24. The van der Waals surface area contributed by atoms with Crippen molar-refractivity contribution in [2.45, 2.75) is 25.2 Å². The Balaban J connectivity index is 2.05. The fourth-order valence-corrected chi connectivity index (χ4v) is 2.93. The molecule has 2 atom stereocenters. The van der Waals surface area contributed by atoms with Crippen molar-refractivity contribution >= 4 is 5.78 Å². The maximum Gasteiger partial charge on any atom is 0.156 e. The van der Waals surface area contributed by atoms with E-state index in [0.717, 1.165) is 12.8 Å². The van der Waals surface area contributed by atoms with Crippen molar-refractivity contribution in [3.8, 4) is 5.75 Å². The van der Waals surface area contributed by atoms with Crippen LogP contribution in [0.2, 0.25) is 0 Å². The molecule has 3 rings (SSSR count). The highest BCUT2D eigenvalue weighted by molar-refractivity contribution is 5.91. The van der Waals surface area contributed by atoms with Crippen LogP contribution in [0.4, 0.5) is 0 Å². The van der Waals surface area contributed by atoms with Crippen molar-refractivity contribution < 1.29 is 9.90 Å². The Kier molecular flexibility index (Phi) is 2.10. The monoisotopic (exact) mass is 214 g/mol. The van der Waals surface area contributed by atoms with Crippen LogP contribution in [0.1, 0.15) is 29.9 Å². The Bertz CT molecular complexity index is 474. The minimum atomic E-state index is 0.224. The van der Waals surface area contributed by atoms with E-state index in [1.54, 1.807) is 12.1 Å². The van der Waals surface area contributed by atoms with Gasteiger partial charge in [0.05, 0.1) is 0 Å². The molecule has 0 saturated carbocycles. The van der Waals surface area contributed by atoms with Crippen molar-refractivity contribution in [1.82, 2.24) is 0 Å². The first kappa shape index (κ1) is 9.64. The molecule has 0 saturated heterocycles. The minimum absolute atomic E-state index is 0.224. The number of allylic oxidation sites excluding steroid dienone is 2. The number of carbonyl (C=O) groups is 1. The molecule has 0 radical (unpaired) electrons. The molecule has 0 aromatic heterocycles. The van der Waals surface area contributed by atoms with Crippen LogP contribution in [0.15, 0.2) is 30.4 Å². The minimum Gasteiger partial charge on any atom is -0.508 e. The highest BCUT2D eigenvalue weighted by Gasteiger charge is 2.31. The third-order valence-electron chi connectivity index (χ3n) is 3.74. The molecule has 2 heteroatoms. The zero-order valence-corrected chi connectivity index (χ0v) is 9.02. The smallest absolute Gasteiger partial charge is 0.156 e. The average molecular weight is 214 g/mol. The fraction of sp³-hybridized carbons (Fsp3) is 0.357. The summed E-state index contributed by atoms with van der Waals surface area (Å²) in [5, 5.41) is 9.46. The van der Waals surface area contributed by atoms with Crippen molar-refractivity contribution in [3.63, 3.8) is 0 Å². The zero-order valence-electron chi connectivity index (χ0n) is 9.02. The van der Waals surface area contributed by atoms with E-state index in [2.05, 4.69) is 6.08 Å². The van der Waals surface area contributed by atoms with E-state index >= 15 is 0 Å². The molecule has 2 nitrogen and oxygen atoms in total. The molecule has 0 heterocycles. The number of hydrogen-bond donors (Lipinski definition) is 1. The van der Waals surface area contributed by atoms with Crippen LogP contribution in [0, 0.1) is 5.92 Å². The van der Waals surface area contributed by atoms with E-state index in [1.807, 2.05) is 12.1 Å². The number of phenolic OH excluding ortho intramolecular Hbond substituents is 1. The quantitative estimate of drug-likeness (QED) is 0.720. The molecule has 0 fully saturated rings. The van der Waals surface area contributed by atoms with Crippen molar-refractivity contribution in [2.75, 3.05) is 0 Å². The summed E-state index contributed by atoms with van der Waals surface area (Å²) in [5.74, 6) is 1.40. The number of rotatable bonds is 0. The molecule has 1 aromatic rings. The summed E-state index contributed by atoms with van der Waals surface area (Å²) in [6.07, 6.45) is 6.51. The van der Waals surface area contributed by atoms with Gasteiger partial charge in [0.25, 0.3) is 0 Å². The molecular formula is C14H14O2. The molecule has 0 bridgehead atoms. The fourth-order valence-electron chi connectivity index (χ4n) is 2.93. The van der Waals surface area contributed by atoms with Gasteiger partial charge in [-0.05, 0) is 54.0 Å². The molecule has 2 aliphatic carbocycles. The highest BCUT2D eigenvalue weighted by Crippen LogP contribution is 2.42. The van der Waals surface area contributed by atoms with Crippen LogP contribution in [0.5, 0.6) is 5.75 Å². The number of benzene rings is 1. The second-order valence-corrected chi connectivity index (χ2v) is 4.72. The largest absolute Gasteiger partial charge is 0.508 e. The normalized spacial score (nSPS) is 27.4. The molecule has 1 N–H and O–H groups in total. The number of carbonyl (C=O) groups excluding carboxylic acids is 1. The average Bonchev–Trinajstić information content (AvgIpc) is 2.28. The van der Waals surface area contributed by atoms with Gasteiger partial charge in [-0.15, -0.1) is 0 Å². The Morgan fingerprint density at radius 2 is 2.19 bits per heavy atom. The van der Waals surface area contributed by atoms with Gasteiger partial charge in [0.2, 0.25) is 0 Å². The Hall–Kier alpha value is -1.57. The van der Waals surface area contributed by atoms with E-state index in [0.29, 0.717) is 24.0 Å². The lowest BCUT2D eigenvalue weighted by molar-refractivity contribution is -0.115. The molecule has 0 aliphatic heterocycles. The Labute approximate surface area is 94.6 Å². The van der Waals surface area contributed by atoms with Gasteiger partial charge < -0.3 is 5.11 Å². The number of aromatic hydroxyl groups is 1. The van der Waals surface area contributed by atoms with Crippen LogP contribution < -0.4 is 0 Å². The lowest BCUT2D eigenvalue weighted by atomic mass is 9.70. The van der Waals surface area contributed by atoms with Crippen LogP contribution in [0.25, 0.3) is 0 Å². The van der Waals surface area contributed by atoms with Crippen molar-refractivity contribution in [3.05, 3.63) is 41.5 Å². The van der Waals surface area contributed by atoms with E-state index in [4.69, 9.17) is 0 Å². The maximum absolute atomic E-state index is 11.5. The molecular weight excluding hydrogens is 200 g/mol. The van der Waals surface area contributed by atoms with E-state index in [1.165, 1.54) is 11.1 Å². The number of fused-ring (bicyclic) bond motifs is 3. The predicted octanol–water partition coefficient (Wildman–Crippen LogP) is 2.57. The molecule has 0 spiro atoms. The predicted molar refractivity (Wildman–Crippen MR) is 61.4 cm³/mol. The number of aryl methyl sites for hydroxylation is 1. The summed E-state index contributed by atoms with van der Waals surface area (Å²) < 4.78 is 0. The number of hydrogen-bond acceptors (Lipinski definition) is 2. The summed E-state index contributed by atoms with van der Waals surface area (Å²) in [6, 6.07) is 5.55. The van der Waals surface area contributed by atoms with Crippen LogP contribution in [-0.4, -0.2) is 10.9 Å². The van der Waals surface area contributed by atoms with Crippen molar-refractivity contribution in [1.29, 1.82) is 0 Å². The Morgan fingerprint density at radius 1 is 1.31 bits per heavy atom. The van der Waals surface area contributed by atoms with Gasteiger partial charge in [-0.1, -0.05) is 12.1 Å². The van der Waals surface area contributed by atoms with Crippen LogP contribution in [-0.2, 0) is 11.2 Å². The molecule has 0 amide bonds. The summed E-state index contributed by atoms with van der Waals surface area (Å²) >= 11 is 0. The molecule has 2 unspecified atom stereocenters. The van der Waals surface area contributed by atoms with E-state index in [-0.39, 0.29) is 5.78 Å². The van der Waals surface area contributed by atoms with Gasteiger partial charge in [-0.3, -0.25) is 4.79 Å². The molecule has 2 aliphatic rings. The third kappa shape index (κ3) is 1.45. The molecule has 1 aromatic carbocycles. The maximum atomic E-state index is 11.5. The lowest BCUT2D eigenvalue weighted by Gasteiger charge is -2.33. The van der Waals surface area contributed by atoms with Gasteiger partial charge in [0.1, 0.15) is 5.75 Å². The first-order valence-electron chi connectivity index (χ1n) is 5.77. The number of phenols is 1. The van der Waals surface area contributed by atoms with Gasteiger partial charge in [-0.2, -0.15) is 0 Å². The summed E-state index contributed by atoms with van der Waals surface area (Å²) in [6.45, 7) is 0. The van der Waals surface area contributed by atoms with Gasteiger partial charge in [-0.25, -0.2) is 0 Å². The topological polar surface area (TPSA) is 37.3 Å². The first-order valence-corrected chi connectivity index (χ1v) is 5.77.